The van der Waals surface area contributed by atoms with E-state index in [2.05, 4.69) is 11.2 Å². The van der Waals surface area contributed by atoms with Crippen LogP contribution in [0.2, 0.25) is 0 Å². The fraction of sp³-hybridized carbons (Fsp3) is 0.625. The maximum atomic E-state index is 12.4. The number of carbonyl (C=O) groups excluding carboxylic acids is 1. The maximum absolute atomic E-state index is 12.4. The molecule has 5 nitrogen and oxygen atoms in total. The number of ether oxygens (including phenoxy) is 1. The van der Waals surface area contributed by atoms with Crippen molar-refractivity contribution in [2.75, 3.05) is 0 Å². The summed E-state index contributed by atoms with van der Waals surface area (Å²) in [6.45, 7) is 5.73. The van der Waals surface area contributed by atoms with Crippen LogP contribution in [0.25, 0.3) is 5.57 Å². The van der Waals surface area contributed by atoms with Gasteiger partial charge in [-0.05, 0) is 45.6 Å². The molecule has 21 heavy (non-hydrogen) atoms. The second-order valence-electron chi connectivity index (χ2n) is 6.98. The molecular formula is C16H23N3O2. The van der Waals surface area contributed by atoms with Crippen molar-refractivity contribution in [3.8, 4) is 0 Å². The Hall–Kier alpha value is -1.78. The molecule has 0 N–H and O–H groups in total. The molecule has 2 atom stereocenters. The first-order chi connectivity index (χ1) is 9.83. The molecule has 5 heteroatoms. The number of rotatable bonds is 1. The van der Waals surface area contributed by atoms with Crippen molar-refractivity contribution in [2.45, 2.75) is 57.7 Å². The van der Waals surface area contributed by atoms with E-state index in [4.69, 9.17) is 4.74 Å². The van der Waals surface area contributed by atoms with Crippen LogP contribution in [0.4, 0.5) is 4.79 Å². The topological polar surface area (TPSA) is 47.4 Å². The number of hydrogen-bond acceptors (Lipinski definition) is 3. The number of aryl methyl sites for hydroxylation is 1. The Bertz CT molecular complexity index is 583. The molecule has 0 saturated carbocycles. The van der Waals surface area contributed by atoms with Gasteiger partial charge in [-0.2, -0.15) is 5.10 Å². The summed E-state index contributed by atoms with van der Waals surface area (Å²) in [5, 5.41) is 4.24. The number of aromatic nitrogens is 2. The predicted octanol–water partition coefficient (Wildman–Crippen LogP) is 2.98. The number of carbonyl (C=O) groups is 1. The molecule has 2 aliphatic heterocycles. The Morgan fingerprint density at radius 2 is 2.14 bits per heavy atom. The number of nitrogens with zero attached hydrogens (tertiary/aromatic N) is 3. The zero-order valence-corrected chi connectivity index (χ0v) is 13.2. The van der Waals surface area contributed by atoms with Gasteiger partial charge in [0.25, 0.3) is 0 Å². The average Bonchev–Trinajstić information content (AvgIpc) is 2.89. The molecule has 2 bridgehead atoms. The molecule has 1 aromatic rings. The van der Waals surface area contributed by atoms with Gasteiger partial charge >= 0.3 is 6.09 Å². The van der Waals surface area contributed by atoms with Gasteiger partial charge in [0, 0.05) is 24.8 Å². The van der Waals surface area contributed by atoms with Crippen LogP contribution in [-0.4, -0.2) is 38.5 Å². The standard InChI is InChI=1S/C16H23N3O2/c1-16(2,3)21-15(20)19-13-5-6-14(19)8-11(7-13)12-9-17-18(4)10-12/h7,9-10,13-14H,5-6,8H2,1-4H3. The van der Waals surface area contributed by atoms with Crippen molar-refractivity contribution < 1.29 is 9.53 Å². The Kier molecular flexibility index (Phi) is 3.30. The molecule has 0 radical (unpaired) electrons. The van der Waals surface area contributed by atoms with Crippen LogP contribution in [0.5, 0.6) is 0 Å². The van der Waals surface area contributed by atoms with Crippen LogP contribution in [0.3, 0.4) is 0 Å². The summed E-state index contributed by atoms with van der Waals surface area (Å²) >= 11 is 0. The minimum atomic E-state index is -0.441. The normalized spacial score (nSPS) is 25.0. The molecule has 114 valence electrons. The van der Waals surface area contributed by atoms with E-state index in [-0.39, 0.29) is 18.2 Å². The van der Waals surface area contributed by atoms with Gasteiger partial charge in [0.1, 0.15) is 5.60 Å². The highest BCUT2D eigenvalue weighted by molar-refractivity contribution is 5.74. The van der Waals surface area contributed by atoms with Crippen molar-refractivity contribution in [2.24, 2.45) is 7.05 Å². The van der Waals surface area contributed by atoms with Crippen molar-refractivity contribution >= 4 is 11.7 Å². The molecule has 0 spiro atoms. The second-order valence-corrected chi connectivity index (χ2v) is 6.98. The third kappa shape index (κ3) is 2.82. The van der Waals surface area contributed by atoms with E-state index >= 15 is 0 Å². The van der Waals surface area contributed by atoms with Gasteiger partial charge in [0.2, 0.25) is 0 Å². The fourth-order valence-corrected chi connectivity index (χ4v) is 3.23. The van der Waals surface area contributed by atoms with E-state index in [0.29, 0.717) is 0 Å². The molecule has 0 aliphatic carbocycles. The van der Waals surface area contributed by atoms with Gasteiger partial charge in [-0.15, -0.1) is 0 Å². The van der Waals surface area contributed by atoms with E-state index < -0.39 is 5.60 Å². The van der Waals surface area contributed by atoms with Crippen LogP contribution in [0.1, 0.15) is 45.6 Å². The minimum Gasteiger partial charge on any atom is -0.444 e. The highest BCUT2D eigenvalue weighted by atomic mass is 16.6. The summed E-state index contributed by atoms with van der Waals surface area (Å²) in [7, 11) is 1.93. The van der Waals surface area contributed by atoms with Crippen molar-refractivity contribution in [1.82, 2.24) is 14.7 Å². The molecule has 1 fully saturated rings. The first kappa shape index (κ1) is 14.2. The number of fused-ring (bicyclic) bond motifs is 2. The van der Waals surface area contributed by atoms with Gasteiger partial charge in [-0.25, -0.2) is 4.79 Å². The first-order valence-electron chi connectivity index (χ1n) is 7.54. The summed E-state index contributed by atoms with van der Waals surface area (Å²) in [6, 6.07) is 0.416. The lowest BCUT2D eigenvalue weighted by atomic mass is 9.97. The van der Waals surface area contributed by atoms with E-state index in [1.165, 1.54) is 11.1 Å². The van der Waals surface area contributed by atoms with Crippen LogP contribution < -0.4 is 0 Å². The summed E-state index contributed by atoms with van der Waals surface area (Å²) in [6.07, 6.45) is 8.92. The molecular weight excluding hydrogens is 266 g/mol. The SMILES string of the molecule is Cn1cc(C2=CC3CCC(C2)N3C(=O)OC(C)(C)C)cn1. The van der Waals surface area contributed by atoms with Crippen LogP contribution in [0.15, 0.2) is 18.5 Å². The molecule has 1 aromatic heterocycles. The quantitative estimate of drug-likeness (QED) is 0.798. The summed E-state index contributed by atoms with van der Waals surface area (Å²) < 4.78 is 7.36. The average molecular weight is 289 g/mol. The smallest absolute Gasteiger partial charge is 0.411 e. The van der Waals surface area contributed by atoms with Crippen LogP contribution in [0, 0.1) is 0 Å². The molecule has 2 unspecified atom stereocenters. The minimum absolute atomic E-state index is 0.161. The van der Waals surface area contributed by atoms with E-state index in [9.17, 15) is 4.79 Å². The van der Waals surface area contributed by atoms with E-state index in [1.54, 1.807) is 0 Å². The second kappa shape index (κ2) is 4.90. The van der Waals surface area contributed by atoms with Crippen molar-refractivity contribution in [3.63, 3.8) is 0 Å². The molecule has 3 heterocycles. The Morgan fingerprint density at radius 3 is 2.71 bits per heavy atom. The predicted molar refractivity (Wildman–Crippen MR) is 80.7 cm³/mol. The Labute approximate surface area is 125 Å². The lowest BCUT2D eigenvalue weighted by Gasteiger charge is -2.35. The van der Waals surface area contributed by atoms with Crippen molar-refractivity contribution in [3.05, 3.63) is 24.0 Å². The zero-order chi connectivity index (χ0) is 15.2. The fourth-order valence-electron chi connectivity index (χ4n) is 3.23. The van der Waals surface area contributed by atoms with Gasteiger partial charge < -0.3 is 4.74 Å². The molecule has 2 aliphatic rings. The molecule has 1 amide bonds. The summed E-state index contributed by atoms with van der Waals surface area (Å²) in [4.78, 5) is 14.3. The molecule has 0 aromatic carbocycles. The monoisotopic (exact) mass is 289 g/mol. The highest BCUT2D eigenvalue weighted by Crippen LogP contribution is 2.39. The van der Waals surface area contributed by atoms with Gasteiger partial charge in [0.15, 0.2) is 0 Å². The molecule has 1 saturated heterocycles. The molecule has 3 rings (SSSR count). The summed E-state index contributed by atoms with van der Waals surface area (Å²) in [5.74, 6) is 0. The largest absolute Gasteiger partial charge is 0.444 e. The van der Waals surface area contributed by atoms with Gasteiger partial charge in [-0.3, -0.25) is 9.58 Å². The van der Waals surface area contributed by atoms with E-state index in [1.807, 2.05) is 49.8 Å². The van der Waals surface area contributed by atoms with Gasteiger partial charge in [-0.1, -0.05) is 6.08 Å². The number of hydrogen-bond donors (Lipinski definition) is 0. The Balaban J connectivity index is 1.80. The first-order valence-corrected chi connectivity index (χ1v) is 7.54. The zero-order valence-electron chi connectivity index (χ0n) is 13.2. The lowest BCUT2D eigenvalue weighted by Crippen LogP contribution is -2.45. The van der Waals surface area contributed by atoms with Crippen LogP contribution >= 0.6 is 0 Å². The lowest BCUT2D eigenvalue weighted by molar-refractivity contribution is 0.0175. The van der Waals surface area contributed by atoms with Gasteiger partial charge in [0.05, 0.1) is 12.2 Å². The van der Waals surface area contributed by atoms with Crippen molar-refractivity contribution in [1.29, 1.82) is 0 Å². The van der Waals surface area contributed by atoms with E-state index in [0.717, 1.165) is 19.3 Å². The Morgan fingerprint density at radius 1 is 1.38 bits per heavy atom. The maximum Gasteiger partial charge on any atom is 0.411 e. The third-order valence-electron chi connectivity index (χ3n) is 4.08. The summed E-state index contributed by atoms with van der Waals surface area (Å²) in [5.41, 5.74) is 2.03. The number of amides is 1. The highest BCUT2D eigenvalue weighted by Gasteiger charge is 2.41. The van der Waals surface area contributed by atoms with Crippen LogP contribution in [-0.2, 0) is 11.8 Å². The third-order valence-corrected chi connectivity index (χ3v) is 4.08.